The smallest absolute Gasteiger partial charge is 0.339 e. The van der Waals surface area contributed by atoms with Gasteiger partial charge in [0.15, 0.2) is 24.5 Å². The Labute approximate surface area is 210 Å². The van der Waals surface area contributed by atoms with Crippen LogP contribution in [0.25, 0.3) is 11.0 Å². The van der Waals surface area contributed by atoms with Crippen LogP contribution in [0.15, 0.2) is 24.3 Å². The molecule has 1 aromatic heterocycles. The van der Waals surface area contributed by atoms with Crippen molar-refractivity contribution in [2.75, 3.05) is 6.61 Å². The predicted octanol–water partition coefficient (Wildman–Crippen LogP) is 1.33. The molecular formula is C22H26N2O13. The standard InChI is InChI=1S/C22H26N2O13/c1-11-23-16-8-6-7-9-17(16)24(11)22-21(37-34-15(5)28)20(36-33-14(4)27)19(35-32-13(3)26)18(30-22)10-29-31-12(2)25/h6-9,18-22H,10H2,1-5H3/t18-,19+,20-,21+,22-/m0/s1. The highest BCUT2D eigenvalue weighted by Gasteiger charge is 2.54. The largest absolute Gasteiger partial charge is 0.346 e. The Hall–Kier alpha value is -3.63. The van der Waals surface area contributed by atoms with Crippen molar-refractivity contribution in [2.45, 2.75) is 65.3 Å². The van der Waals surface area contributed by atoms with Crippen molar-refractivity contribution in [3.63, 3.8) is 0 Å². The van der Waals surface area contributed by atoms with Gasteiger partial charge in [-0.15, -0.1) is 0 Å². The van der Waals surface area contributed by atoms with Crippen molar-refractivity contribution in [3.05, 3.63) is 30.1 Å². The monoisotopic (exact) mass is 526 g/mol. The highest BCUT2D eigenvalue weighted by molar-refractivity contribution is 5.76. The Balaban J connectivity index is 2.09. The first kappa shape index (κ1) is 27.9. The summed E-state index contributed by atoms with van der Waals surface area (Å²) in [4.78, 5) is 90.0. The van der Waals surface area contributed by atoms with Crippen LogP contribution in [0.1, 0.15) is 39.7 Å². The van der Waals surface area contributed by atoms with Crippen molar-refractivity contribution in [2.24, 2.45) is 0 Å². The van der Waals surface area contributed by atoms with Gasteiger partial charge in [0.05, 0.1) is 11.0 Å². The van der Waals surface area contributed by atoms with E-state index in [0.29, 0.717) is 16.9 Å². The number of aryl methyl sites for hydroxylation is 1. The summed E-state index contributed by atoms with van der Waals surface area (Å²) in [7, 11) is 0. The Bertz CT molecular complexity index is 1130. The number of ether oxygens (including phenoxy) is 1. The third-order valence-corrected chi connectivity index (χ3v) is 4.87. The zero-order valence-electron chi connectivity index (χ0n) is 20.6. The van der Waals surface area contributed by atoms with Crippen LogP contribution in [0.4, 0.5) is 0 Å². The van der Waals surface area contributed by atoms with E-state index in [1.54, 1.807) is 35.8 Å². The second-order valence-electron chi connectivity index (χ2n) is 7.85. The SMILES string of the molecule is CC(=O)OOC[C@@H]1O[C@H](n2c(C)nc3ccccc32)[C@H](OOC(C)=O)[C@@H](OOC(C)=O)[C@@H]1OOC(C)=O. The highest BCUT2D eigenvalue weighted by atomic mass is 17.3. The minimum atomic E-state index is -1.45. The van der Waals surface area contributed by atoms with Gasteiger partial charge >= 0.3 is 23.9 Å². The molecule has 0 bridgehead atoms. The average Bonchev–Trinajstić information content (AvgIpc) is 3.15. The molecule has 5 atom stereocenters. The lowest BCUT2D eigenvalue weighted by Gasteiger charge is -2.43. The maximum atomic E-state index is 11.6. The molecule has 3 rings (SSSR count). The molecule has 2 heterocycles. The number of hydrogen-bond donors (Lipinski definition) is 0. The number of rotatable bonds is 10. The van der Waals surface area contributed by atoms with Crippen LogP contribution < -0.4 is 0 Å². The van der Waals surface area contributed by atoms with Gasteiger partial charge < -0.3 is 4.74 Å². The zero-order chi connectivity index (χ0) is 27.1. The van der Waals surface area contributed by atoms with Crippen molar-refractivity contribution in [1.29, 1.82) is 0 Å². The molecule has 1 aliphatic rings. The fraction of sp³-hybridized carbons (Fsp3) is 0.500. The van der Waals surface area contributed by atoms with Gasteiger partial charge in [0.1, 0.15) is 18.5 Å². The van der Waals surface area contributed by atoms with Gasteiger partial charge in [0, 0.05) is 27.7 Å². The fourth-order valence-electron chi connectivity index (χ4n) is 3.61. The molecule has 0 spiro atoms. The third kappa shape index (κ3) is 7.21. The molecule has 1 fully saturated rings. The van der Waals surface area contributed by atoms with Gasteiger partial charge in [-0.3, -0.25) is 24.1 Å². The quantitative estimate of drug-likeness (QED) is 0.321. The van der Waals surface area contributed by atoms with Crippen LogP contribution in [0, 0.1) is 6.92 Å². The minimum Gasteiger partial charge on any atom is -0.346 e. The normalized spacial score (nSPS) is 23.3. The summed E-state index contributed by atoms with van der Waals surface area (Å²) in [6, 6.07) is 7.09. The molecule has 15 nitrogen and oxygen atoms in total. The summed E-state index contributed by atoms with van der Waals surface area (Å²) in [6.45, 7) is 5.62. The van der Waals surface area contributed by atoms with E-state index in [-0.39, 0.29) is 0 Å². The van der Waals surface area contributed by atoms with Crippen LogP contribution in [0.3, 0.4) is 0 Å². The van der Waals surface area contributed by atoms with Gasteiger partial charge in [-0.25, -0.2) is 24.2 Å². The number of nitrogens with zero attached hydrogens (tertiary/aromatic N) is 2. The Morgan fingerprint density at radius 2 is 1.35 bits per heavy atom. The molecule has 0 unspecified atom stereocenters. The highest BCUT2D eigenvalue weighted by Crippen LogP contribution is 2.37. The average molecular weight is 526 g/mol. The van der Waals surface area contributed by atoms with E-state index in [4.69, 9.17) is 34.1 Å². The molecular weight excluding hydrogens is 500 g/mol. The third-order valence-electron chi connectivity index (χ3n) is 4.87. The summed E-state index contributed by atoms with van der Waals surface area (Å²) < 4.78 is 7.80. The number of aromatic nitrogens is 2. The van der Waals surface area contributed by atoms with Gasteiger partial charge in [-0.1, -0.05) is 12.1 Å². The lowest BCUT2D eigenvalue weighted by atomic mass is 9.98. The first-order valence-electron chi connectivity index (χ1n) is 11.0. The molecule has 0 amide bonds. The van der Waals surface area contributed by atoms with Crippen molar-refractivity contribution >= 4 is 34.9 Å². The van der Waals surface area contributed by atoms with E-state index >= 15 is 0 Å². The number of carbonyl (C=O) groups is 4. The number of benzene rings is 1. The Morgan fingerprint density at radius 1 is 0.811 bits per heavy atom. The van der Waals surface area contributed by atoms with E-state index < -0.39 is 61.1 Å². The molecule has 15 heteroatoms. The Kier molecular flexibility index (Phi) is 9.48. The second kappa shape index (κ2) is 12.6. The van der Waals surface area contributed by atoms with E-state index in [2.05, 4.69) is 14.8 Å². The zero-order valence-corrected chi connectivity index (χ0v) is 20.6. The number of carbonyl (C=O) groups excluding carboxylic acids is 4. The molecule has 0 radical (unpaired) electrons. The van der Waals surface area contributed by atoms with Gasteiger partial charge in [0.2, 0.25) is 0 Å². The first-order valence-corrected chi connectivity index (χ1v) is 11.0. The Morgan fingerprint density at radius 3 is 1.95 bits per heavy atom. The van der Waals surface area contributed by atoms with E-state index in [1.165, 1.54) is 0 Å². The van der Waals surface area contributed by atoms with Crippen molar-refractivity contribution in [3.8, 4) is 0 Å². The second-order valence-corrected chi connectivity index (χ2v) is 7.85. The molecule has 1 aromatic carbocycles. The number of imidazole rings is 1. The topological polar surface area (TPSA) is 169 Å². The van der Waals surface area contributed by atoms with E-state index in [1.807, 2.05) is 0 Å². The van der Waals surface area contributed by atoms with Crippen LogP contribution in [-0.2, 0) is 63.0 Å². The molecule has 1 saturated heterocycles. The number of para-hydroxylation sites is 2. The summed E-state index contributed by atoms with van der Waals surface area (Å²) in [5.41, 5.74) is 1.21. The van der Waals surface area contributed by atoms with Crippen LogP contribution >= 0.6 is 0 Å². The van der Waals surface area contributed by atoms with Crippen LogP contribution in [0.5, 0.6) is 0 Å². The summed E-state index contributed by atoms with van der Waals surface area (Å²) in [5.74, 6) is -2.76. The summed E-state index contributed by atoms with van der Waals surface area (Å²) in [5, 5.41) is 0. The minimum absolute atomic E-state index is 0.450. The van der Waals surface area contributed by atoms with E-state index in [0.717, 1.165) is 27.7 Å². The number of fused-ring (bicyclic) bond motifs is 1. The van der Waals surface area contributed by atoms with Crippen molar-refractivity contribution < 1.29 is 63.0 Å². The maximum Gasteiger partial charge on any atom is 0.339 e. The molecule has 202 valence electrons. The molecule has 2 aromatic rings. The maximum absolute atomic E-state index is 11.6. The van der Waals surface area contributed by atoms with Crippen LogP contribution in [-0.4, -0.2) is 64.5 Å². The molecule has 0 N–H and O–H groups in total. The number of hydrogen-bond acceptors (Lipinski definition) is 14. The predicted molar refractivity (Wildman–Crippen MR) is 116 cm³/mol. The molecule has 0 aliphatic carbocycles. The van der Waals surface area contributed by atoms with Crippen LogP contribution in [0.2, 0.25) is 0 Å². The van der Waals surface area contributed by atoms with Gasteiger partial charge in [-0.05, 0) is 19.1 Å². The summed E-state index contributed by atoms with van der Waals surface area (Å²) in [6.07, 6.45) is -6.61. The molecule has 0 saturated carbocycles. The van der Waals surface area contributed by atoms with Gasteiger partial charge in [-0.2, -0.15) is 19.6 Å². The first-order chi connectivity index (χ1) is 17.6. The summed E-state index contributed by atoms with van der Waals surface area (Å²) >= 11 is 0. The molecule has 37 heavy (non-hydrogen) atoms. The lowest BCUT2D eigenvalue weighted by molar-refractivity contribution is -0.445. The van der Waals surface area contributed by atoms with Crippen molar-refractivity contribution in [1.82, 2.24) is 9.55 Å². The fourth-order valence-corrected chi connectivity index (χ4v) is 3.61. The molecule has 1 aliphatic heterocycles. The van der Waals surface area contributed by atoms with Gasteiger partial charge in [0.25, 0.3) is 0 Å². The van der Waals surface area contributed by atoms with E-state index in [9.17, 15) is 19.2 Å². The lowest BCUT2D eigenvalue weighted by Crippen LogP contribution is -2.59.